The smallest absolute Gasteiger partial charge is 0.182 e. The number of aromatic nitrogens is 3. The maximum absolute atomic E-state index is 5.78. The van der Waals surface area contributed by atoms with Crippen LogP contribution in [-0.4, -0.2) is 15.2 Å². The molecule has 1 heterocycles. The summed E-state index contributed by atoms with van der Waals surface area (Å²) in [7, 11) is 0. The highest BCUT2D eigenvalue weighted by Gasteiger charge is 2.05. The summed E-state index contributed by atoms with van der Waals surface area (Å²) in [6.07, 6.45) is 3.16. The van der Waals surface area contributed by atoms with Gasteiger partial charge in [0.05, 0.1) is 6.20 Å². The zero-order valence-corrected chi connectivity index (χ0v) is 7.81. The first-order valence-corrected chi connectivity index (χ1v) is 4.28. The Labute approximate surface area is 81.8 Å². The molecule has 0 unspecified atom stereocenters. The van der Waals surface area contributed by atoms with E-state index in [9.17, 15) is 0 Å². The molecule has 2 aromatic rings. The molecule has 14 heavy (non-hydrogen) atoms. The molecule has 4 heteroatoms. The molecule has 2 rings (SSSR count). The average molecular weight is 186 g/mol. The van der Waals surface area contributed by atoms with Crippen LogP contribution in [0.15, 0.2) is 30.6 Å². The van der Waals surface area contributed by atoms with Gasteiger partial charge in [0.2, 0.25) is 0 Å². The second kappa shape index (κ2) is 3.41. The van der Waals surface area contributed by atoms with Gasteiger partial charge in [-0.1, -0.05) is 12.1 Å². The Balaban J connectivity index is 2.58. The van der Waals surface area contributed by atoms with Crippen molar-refractivity contribution < 1.29 is 0 Å². The van der Waals surface area contributed by atoms with E-state index in [1.54, 1.807) is 12.4 Å². The zero-order valence-electron chi connectivity index (χ0n) is 7.81. The predicted molar refractivity (Wildman–Crippen MR) is 54.4 cm³/mol. The molecule has 0 saturated carbocycles. The number of hydrogen-bond donors (Lipinski definition) is 1. The highest BCUT2D eigenvalue weighted by molar-refractivity contribution is 5.67. The van der Waals surface area contributed by atoms with E-state index >= 15 is 0 Å². The lowest BCUT2D eigenvalue weighted by Gasteiger charge is -2.05. The molecule has 0 radical (unpaired) electrons. The molecule has 0 saturated heterocycles. The van der Waals surface area contributed by atoms with Gasteiger partial charge in [0, 0.05) is 17.4 Å². The van der Waals surface area contributed by atoms with Crippen molar-refractivity contribution in [2.24, 2.45) is 0 Å². The Morgan fingerprint density at radius 2 is 2.07 bits per heavy atom. The van der Waals surface area contributed by atoms with Gasteiger partial charge in [0.1, 0.15) is 0 Å². The van der Waals surface area contributed by atoms with Crippen molar-refractivity contribution in [2.45, 2.75) is 6.92 Å². The summed E-state index contributed by atoms with van der Waals surface area (Å²) in [5, 5.41) is 7.71. The summed E-state index contributed by atoms with van der Waals surface area (Å²) in [6.45, 7) is 1.95. The standard InChI is InChI=1S/C10H10N4/c1-7-8(3-2-4-9(7)11)10-12-5-6-13-14-10/h2-6H,11H2,1H3. The van der Waals surface area contributed by atoms with Gasteiger partial charge in [0.15, 0.2) is 5.82 Å². The van der Waals surface area contributed by atoms with Crippen molar-refractivity contribution >= 4 is 5.69 Å². The molecule has 2 N–H and O–H groups in total. The van der Waals surface area contributed by atoms with Crippen LogP contribution in [-0.2, 0) is 0 Å². The monoisotopic (exact) mass is 186 g/mol. The maximum atomic E-state index is 5.78. The quantitative estimate of drug-likeness (QED) is 0.684. The number of nitrogens with two attached hydrogens (primary N) is 1. The number of rotatable bonds is 1. The Kier molecular flexibility index (Phi) is 2.10. The van der Waals surface area contributed by atoms with E-state index in [0.29, 0.717) is 5.82 Å². The summed E-state index contributed by atoms with van der Waals surface area (Å²) >= 11 is 0. The molecule has 4 nitrogen and oxygen atoms in total. The number of nitrogen functional groups attached to an aromatic ring is 1. The van der Waals surface area contributed by atoms with Gasteiger partial charge in [-0.25, -0.2) is 4.98 Å². The highest BCUT2D eigenvalue weighted by atomic mass is 15.1. The van der Waals surface area contributed by atoms with E-state index in [2.05, 4.69) is 15.2 Å². The Bertz CT molecular complexity index is 439. The zero-order chi connectivity index (χ0) is 9.97. The first-order valence-electron chi connectivity index (χ1n) is 4.28. The lowest BCUT2D eigenvalue weighted by atomic mass is 10.1. The van der Waals surface area contributed by atoms with Crippen molar-refractivity contribution in [3.05, 3.63) is 36.2 Å². The highest BCUT2D eigenvalue weighted by Crippen LogP contribution is 2.22. The largest absolute Gasteiger partial charge is 0.398 e. The van der Waals surface area contributed by atoms with Crippen LogP contribution in [0.25, 0.3) is 11.4 Å². The minimum atomic E-state index is 0.609. The number of hydrogen-bond acceptors (Lipinski definition) is 4. The third-order valence-electron chi connectivity index (χ3n) is 2.10. The van der Waals surface area contributed by atoms with Crippen LogP contribution in [0, 0.1) is 6.92 Å². The van der Waals surface area contributed by atoms with Crippen molar-refractivity contribution in [2.75, 3.05) is 5.73 Å². The van der Waals surface area contributed by atoms with Gasteiger partial charge in [-0.05, 0) is 18.6 Å². The summed E-state index contributed by atoms with van der Waals surface area (Å²) in [5.74, 6) is 0.609. The molecule has 0 bridgehead atoms. The van der Waals surface area contributed by atoms with Gasteiger partial charge in [-0.15, -0.1) is 5.10 Å². The van der Waals surface area contributed by atoms with Gasteiger partial charge in [0.25, 0.3) is 0 Å². The minimum Gasteiger partial charge on any atom is -0.398 e. The van der Waals surface area contributed by atoms with Crippen molar-refractivity contribution in [3.63, 3.8) is 0 Å². The summed E-state index contributed by atoms with van der Waals surface area (Å²) < 4.78 is 0. The first-order chi connectivity index (χ1) is 6.79. The van der Waals surface area contributed by atoms with Gasteiger partial charge in [-0.2, -0.15) is 5.10 Å². The molecular weight excluding hydrogens is 176 g/mol. The maximum Gasteiger partial charge on any atom is 0.182 e. The second-order valence-corrected chi connectivity index (χ2v) is 2.99. The second-order valence-electron chi connectivity index (χ2n) is 2.99. The Hall–Kier alpha value is -1.97. The molecular formula is C10H10N4. The molecule has 0 fully saturated rings. The third kappa shape index (κ3) is 1.42. The molecule has 0 aliphatic heterocycles. The van der Waals surface area contributed by atoms with Crippen LogP contribution in [0.5, 0.6) is 0 Å². The number of anilines is 1. The van der Waals surface area contributed by atoms with E-state index in [4.69, 9.17) is 5.73 Å². The lowest BCUT2D eigenvalue weighted by Crippen LogP contribution is -1.96. The summed E-state index contributed by atoms with van der Waals surface area (Å²) in [5.41, 5.74) is 8.44. The number of nitrogens with zero attached hydrogens (tertiary/aromatic N) is 3. The molecule has 0 amide bonds. The fraction of sp³-hybridized carbons (Fsp3) is 0.100. The van der Waals surface area contributed by atoms with Crippen molar-refractivity contribution in [1.82, 2.24) is 15.2 Å². The molecule has 0 aliphatic carbocycles. The van der Waals surface area contributed by atoms with Gasteiger partial charge in [-0.3, -0.25) is 0 Å². The Morgan fingerprint density at radius 3 is 2.79 bits per heavy atom. The molecule has 1 aromatic carbocycles. The van der Waals surface area contributed by atoms with Crippen LogP contribution < -0.4 is 5.73 Å². The fourth-order valence-corrected chi connectivity index (χ4v) is 1.27. The minimum absolute atomic E-state index is 0.609. The van der Waals surface area contributed by atoms with E-state index in [0.717, 1.165) is 16.8 Å². The van der Waals surface area contributed by atoms with Gasteiger partial charge >= 0.3 is 0 Å². The third-order valence-corrected chi connectivity index (χ3v) is 2.10. The summed E-state index contributed by atoms with van der Waals surface area (Å²) in [4.78, 5) is 4.12. The van der Waals surface area contributed by atoms with Gasteiger partial charge < -0.3 is 5.73 Å². The number of benzene rings is 1. The van der Waals surface area contributed by atoms with Crippen molar-refractivity contribution in [1.29, 1.82) is 0 Å². The van der Waals surface area contributed by atoms with Crippen LogP contribution in [0.3, 0.4) is 0 Å². The molecule has 0 aliphatic rings. The van der Waals surface area contributed by atoms with Crippen LogP contribution in [0.1, 0.15) is 5.56 Å². The van der Waals surface area contributed by atoms with E-state index in [-0.39, 0.29) is 0 Å². The van der Waals surface area contributed by atoms with Crippen LogP contribution >= 0.6 is 0 Å². The molecule has 0 atom stereocenters. The van der Waals surface area contributed by atoms with E-state index in [1.165, 1.54) is 0 Å². The van der Waals surface area contributed by atoms with E-state index in [1.807, 2.05) is 25.1 Å². The lowest BCUT2D eigenvalue weighted by molar-refractivity contribution is 0.978. The molecule has 70 valence electrons. The van der Waals surface area contributed by atoms with Crippen molar-refractivity contribution in [3.8, 4) is 11.4 Å². The summed E-state index contributed by atoms with van der Waals surface area (Å²) in [6, 6.07) is 5.67. The average Bonchev–Trinajstić information content (AvgIpc) is 2.23. The molecule has 1 aromatic heterocycles. The Morgan fingerprint density at radius 1 is 1.21 bits per heavy atom. The normalized spacial score (nSPS) is 10.1. The first kappa shape index (κ1) is 8.62. The fourth-order valence-electron chi connectivity index (χ4n) is 1.27. The molecule has 0 spiro atoms. The predicted octanol–water partition coefficient (Wildman–Crippen LogP) is 1.43. The van der Waals surface area contributed by atoms with Crippen LogP contribution in [0.2, 0.25) is 0 Å². The topological polar surface area (TPSA) is 64.7 Å². The SMILES string of the molecule is Cc1c(N)cccc1-c1nccnn1. The van der Waals surface area contributed by atoms with E-state index < -0.39 is 0 Å². The van der Waals surface area contributed by atoms with Crippen LogP contribution in [0.4, 0.5) is 5.69 Å².